The molecule has 0 radical (unpaired) electrons. The van der Waals surface area contributed by atoms with Gasteiger partial charge < -0.3 is 19.9 Å². The van der Waals surface area contributed by atoms with E-state index in [2.05, 4.69) is 15.6 Å². The molecule has 0 spiro atoms. The van der Waals surface area contributed by atoms with E-state index < -0.39 is 0 Å². The Kier molecular flexibility index (Phi) is 5.70. The number of ether oxygens (including phenoxy) is 1. The summed E-state index contributed by atoms with van der Waals surface area (Å²) in [5.41, 5.74) is 1.17. The summed E-state index contributed by atoms with van der Waals surface area (Å²) in [6, 6.07) is 7.51. The number of hydrogen-bond acceptors (Lipinski definition) is 6. The van der Waals surface area contributed by atoms with E-state index >= 15 is 0 Å². The third-order valence-electron chi connectivity index (χ3n) is 4.56. The van der Waals surface area contributed by atoms with E-state index in [-0.39, 0.29) is 30.1 Å². The molecule has 2 heterocycles. The molecule has 0 aliphatic carbocycles. The van der Waals surface area contributed by atoms with Gasteiger partial charge in [0.1, 0.15) is 12.3 Å². The zero-order valence-electron chi connectivity index (χ0n) is 15.8. The van der Waals surface area contributed by atoms with Crippen LogP contribution in [0.15, 0.2) is 30.5 Å². The molecule has 27 heavy (non-hydrogen) atoms. The predicted octanol–water partition coefficient (Wildman–Crippen LogP) is 0.162. The van der Waals surface area contributed by atoms with Crippen molar-refractivity contribution in [2.75, 3.05) is 40.8 Å². The quantitative estimate of drug-likeness (QED) is 0.804. The van der Waals surface area contributed by atoms with Crippen LogP contribution in [-0.4, -0.2) is 77.4 Å². The fraction of sp³-hybridized carbons (Fsp3) is 0.444. The van der Waals surface area contributed by atoms with Gasteiger partial charge in [-0.2, -0.15) is 0 Å². The molecule has 1 saturated heterocycles. The number of amides is 2. The Balaban J connectivity index is 1.82. The molecule has 1 aromatic heterocycles. The van der Waals surface area contributed by atoms with Crippen molar-refractivity contribution in [1.29, 1.82) is 0 Å². The number of piperazine rings is 1. The molecule has 3 rings (SSSR count). The molecule has 0 saturated carbocycles. The zero-order chi connectivity index (χ0) is 19.4. The van der Waals surface area contributed by atoms with Crippen LogP contribution in [0.4, 0.5) is 0 Å². The first-order chi connectivity index (χ1) is 13.0. The van der Waals surface area contributed by atoms with Gasteiger partial charge in [-0.25, -0.2) is 4.68 Å². The summed E-state index contributed by atoms with van der Waals surface area (Å²) in [4.78, 5) is 28.1. The Morgan fingerprint density at radius 2 is 2.11 bits per heavy atom. The number of nitrogens with zero attached hydrogens (tertiary/aromatic N) is 5. The molecule has 2 amide bonds. The van der Waals surface area contributed by atoms with Crippen LogP contribution in [0.3, 0.4) is 0 Å². The monoisotopic (exact) mass is 372 g/mol. The maximum absolute atomic E-state index is 13.1. The maximum atomic E-state index is 13.1. The van der Waals surface area contributed by atoms with E-state index in [1.54, 1.807) is 26.1 Å². The maximum Gasteiger partial charge on any atom is 0.276 e. The molecule has 1 aliphatic heterocycles. The van der Waals surface area contributed by atoms with Gasteiger partial charge in [-0.05, 0) is 6.07 Å². The SMILES string of the molecule is COc1ccccc1C1CNCCN1C(=O)c1cn(CC(=O)N(C)C)nn1. The third-order valence-corrected chi connectivity index (χ3v) is 4.56. The number of aromatic nitrogens is 3. The van der Waals surface area contributed by atoms with E-state index in [0.717, 1.165) is 11.3 Å². The van der Waals surface area contributed by atoms with Gasteiger partial charge >= 0.3 is 0 Å². The van der Waals surface area contributed by atoms with Crippen LogP contribution in [0.5, 0.6) is 5.75 Å². The van der Waals surface area contributed by atoms with Crippen molar-refractivity contribution in [1.82, 2.24) is 30.1 Å². The molecule has 0 bridgehead atoms. The molecule has 144 valence electrons. The molecule has 9 nitrogen and oxygen atoms in total. The highest BCUT2D eigenvalue weighted by Gasteiger charge is 2.31. The minimum absolute atomic E-state index is 0.0464. The van der Waals surface area contributed by atoms with Crippen LogP contribution < -0.4 is 10.1 Å². The highest BCUT2D eigenvalue weighted by atomic mass is 16.5. The van der Waals surface area contributed by atoms with Crippen LogP contribution in [-0.2, 0) is 11.3 Å². The summed E-state index contributed by atoms with van der Waals surface area (Å²) in [5, 5.41) is 11.2. The lowest BCUT2D eigenvalue weighted by Gasteiger charge is -2.36. The van der Waals surface area contributed by atoms with E-state index in [0.29, 0.717) is 19.6 Å². The molecule has 1 unspecified atom stereocenters. The second kappa shape index (κ2) is 8.17. The van der Waals surface area contributed by atoms with Gasteiger partial charge in [0, 0.05) is 39.3 Å². The summed E-state index contributed by atoms with van der Waals surface area (Å²) in [6.45, 7) is 1.92. The van der Waals surface area contributed by atoms with Crippen molar-refractivity contribution in [3.63, 3.8) is 0 Å². The van der Waals surface area contributed by atoms with Gasteiger partial charge in [0.2, 0.25) is 5.91 Å². The van der Waals surface area contributed by atoms with Crippen LogP contribution in [0.2, 0.25) is 0 Å². The molecule has 1 aliphatic rings. The second-order valence-electron chi connectivity index (χ2n) is 6.55. The normalized spacial score (nSPS) is 16.9. The number of methoxy groups -OCH3 is 1. The summed E-state index contributed by atoms with van der Waals surface area (Å²) in [7, 11) is 4.96. The third kappa shape index (κ3) is 4.08. The Hall–Kier alpha value is -2.94. The molecule has 2 aromatic rings. The lowest BCUT2D eigenvalue weighted by Crippen LogP contribution is -2.48. The Bertz CT molecular complexity index is 819. The minimum Gasteiger partial charge on any atom is -0.496 e. The van der Waals surface area contributed by atoms with E-state index in [9.17, 15) is 9.59 Å². The Morgan fingerprint density at radius 1 is 1.33 bits per heavy atom. The van der Waals surface area contributed by atoms with Gasteiger partial charge in [-0.1, -0.05) is 23.4 Å². The second-order valence-corrected chi connectivity index (χ2v) is 6.55. The van der Waals surface area contributed by atoms with Crippen molar-refractivity contribution >= 4 is 11.8 Å². The number of carbonyl (C=O) groups excluding carboxylic acids is 2. The highest BCUT2D eigenvalue weighted by Crippen LogP contribution is 2.30. The van der Waals surface area contributed by atoms with Crippen molar-refractivity contribution < 1.29 is 14.3 Å². The average Bonchev–Trinajstić information content (AvgIpc) is 3.15. The van der Waals surface area contributed by atoms with Crippen molar-refractivity contribution in [2.24, 2.45) is 0 Å². The standard InChI is InChI=1S/C18H24N6O3/c1-22(2)17(25)12-23-11-14(20-21-23)18(26)24-9-8-19-10-15(24)13-6-4-5-7-16(13)27-3/h4-7,11,15,19H,8-10,12H2,1-3H3. The number of benzene rings is 1. The average molecular weight is 372 g/mol. The lowest BCUT2D eigenvalue weighted by molar-refractivity contribution is -0.129. The number of para-hydroxylation sites is 1. The predicted molar refractivity (Wildman–Crippen MR) is 98.4 cm³/mol. The molecular weight excluding hydrogens is 348 g/mol. The molecular formula is C18H24N6O3. The number of rotatable bonds is 5. The Labute approximate surface area is 157 Å². The largest absolute Gasteiger partial charge is 0.496 e. The van der Waals surface area contributed by atoms with Crippen LogP contribution in [0, 0.1) is 0 Å². The first-order valence-corrected chi connectivity index (χ1v) is 8.76. The fourth-order valence-electron chi connectivity index (χ4n) is 3.07. The van der Waals surface area contributed by atoms with Crippen molar-refractivity contribution in [2.45, 2.75) is 12.6 Å². The lowest BCUT2D eigenvalue weighted by atomic mass is 10.0. The van der Waals surface area contributed by atoms with Gasteiger partial charge in [-0.15, -0.1) is 5.10 Å². The van der Waals surface area contributed by atoms with Crippen molar-refractivity contribution in [3.8, 4) is 5.75 Å². The van der Waals surface area contributed by atoms with Crippen LogP contribution >= 0.6 is 0 Å². The number of likely N-dealkylation sites (N-methyl/N-ethyl adjacent to an activating group) is 1. The number of hydrogen-bond donors (Lipinski definition) is 1. The molecule has 1 N–H and O–H groups in total. The van der Waals surface area contributed by atoms with E-state index in [1.807, 2.05) is 24.3 Å². The minimum atomic E-state index is -0.212. The van der Waals surface area contributed by atoms with Gasteiger partial charge in [0.25, 0.3) is 5.91 Å². The molecule has 1 atom stereocenters. The molecule has 1 aromatic carbocycles. The first kappa shape index (κ1) is 18.8. The highest BCUT2D eigenvalue weighted by molar-refractivity contribution is 5.92. The van der Waals surface area contributed by atoms with E-state index in [1.165, 1.54) is 15.8 Å². The van der Waals surface area contributed by atoms with Crippen LogP contribution in [0.25, 0.3) is 0 Å². The smallest absolute Gasteiger partial charge is 0.276 e. The number of nitrogens with one attached hydrogen (secondary N) is 1. The zero-order valence-corrected chi connectivity index (χ0v) is 15.8. The summed E-state index contributed by atoms with van der Waals surface area (Å²) >= 11 is 0. The molecule has 9 heteroatoms. The summed E-state index contributed by atoms with van der Waals surface area (Å²) in [6.07, 6.45) is 1.52. The van der Waals surface area contributed by atoms with Gasteiger partial charge in [-0.3, -0.25) is 9.59 Å². The topological polar surface area (TPSA) is 92.6 Å². The molecule has 1 fully saturated rings. The fourth-order valence-corrected chi connectivity index (χ4v) is 3.07. The summed E-state index contributed by atoms with van der Waals surface area (Å²) in [5.74, 6) is 0.410. The van der Waals surface area contributed by atoms with Crippen LogP contribution in [0.1, 0.15) is 22.1 Å². The Morgan fingerprint density at radius 3 is 2.85 bits per heavy atom. The number of carbonyl (C=O) groups is 2. The van der Waals surface area contributed by atoms with Gasteiger partial charge in [0.15, 0.2) is 5.69 Å². The van der Waals surface area contributed by atoms with E-state index in [4.69, 9.17) is 4.74 Å². The first-order valence-electron chi connectivity index (χ1n) is 8.76. The summed E-state index contributed by atoms with van der Waals surface area (Å²) < 4.78 is 6.85. The van der Waals surface area contributed by atoms with Crippen molar-refractivity contribution in [3.05, 3.63) is 41.7 Å². The van der Waals surface area contributed by atoms with Gasteiger partial charge in [0.05, 0.1) is 19.3 Å².